The van der Waals surface area contributed by atoms with E-state index in [4.69, 9.17) is 0 Å². The van der Waals surface area contributed by atoms with Crippen LogP contribution < -0.4 is 0 Å². The van der Waals surface area contributed by atoms with Crippen LogP contribution in [-0.2, 0) is 6.42 Å². The second kappa shape index (κ2) is 11.3. The summed E-state index contributed by atoms with van der Waals surface area (Å²) in [5.41, 5.74) is 2.84. The Morgan fingerprint density at radius 1 is 0.667 bits per heavy atom. The molecule has 144 valence electrons. The van der Waals surface area contributed by atoms with Crippen molar-refractivity contribution < 1.29 is 0 Å². The average molecular weight is 379 g/mol. The van der Waals surface area contributed by atoms with E-state index in [1.165, 1.54) is 96.7 Å². The molecule has 0 saturated heterocycles. The van der Waals surface area contributed by atoms with Crippen molar-refractivity contribution in [1.29, 1.82) is 0 Å². The summed E-state index contributed by atoms with van der Waals surface area (Å²) in [6.45, 7) is 2.29. The largest absolute Gasteiger partial charge is 0.135 e. The first-order chi connectivity index (χ1) is 13.4. The van der Waals surface area contributed by atoms with Gasteiger partial charge in [0.25, 0.3) is 0 Å². The Balaban J connectivity index is 1.35. The Morgan fingerprint density at radius 2 is 1.30 bits per heavy atom. The molecule has 2 aromatic carbocycles. The Hall–Kier alpha value is -1.60. The van der Waals surface area contributed by atoms with Crippen LogP contribution >= 0.6 is 11.3 Å². The van der Waals surface area contributed by atoms with Gasteiger partial charge in [0, 0.05) is 9.58 Å². The van der Waals surface area contributed by atoms with Crippen LogP contribution in [0.25, 0.3) is 20.5 Å². The van der Waals surface area contributed by atoms with Gasteiger partial charge >= 0.3 is 0 Å². The minimum absolute atomic E-state index is 1.23. The van der Waals surface area contributed by atoms with Crippen LogP contribution in [-0.4, -0.2) is 0 Å². The Bertz CT molecular complexity index is 748. The number of fused-ring (bicyclic) bond motifs is 1. The van der Waals surface area contributed by atoms with Crippen LogP contribution in [0.4, 0.5) is 0 Å². The molecule has 0 aliphatic heterocycles. The van der Waals surface area contributed by atoms with E-state index in [-0.39, 0.29) is 0 Å². The summed E-state index contributed by atoms with van der Waals surface area (Å²) in [5, 5.41) is 1.35. The van der Waals surface area contributed by atoms with E-state index in [1.54, 1.807) is 0 Å². The van der Waals surface area contributed by atoms with Gasteiger partial charge in [-0.05, 0) is 41.5 Å². The molecule has 0 atom stereocenters. The van der Waals surface area contributed by atoms with Crippen LogP contribution in [0.5, 0.6) is 0 Å². The van der Waals surface area contributed by atoms with Gasteiger partial charge in [0.05, 0.1) is 0 Å². The minimum atomic E-state index is 1.23. The van der Waals surface area contributed by atoms with E-state index < -0.39 is 0 Å². The molecule has 27 heavy (non-hydrogen) atoms. The topological polar surface area (TPSA) is 0 Å². The van der Waals surface area contributed by atoms with Crippen molar-refractivity contribution in [3.63, 3.8) is 0 Å². The fourth-order valence-corrected chi connectivity index (χ4v) is 4.84. The summed E-state index contributed by atoms with van der Waals surface area (Å²) >= 11 is 1.89. The standard InChI is InChI=1S/C26H34S/c1-2-3-4-5-6-7-8-9-10-11-14-22-17-19-23(20-18-22)26-21-24-15-12-13-16-25(24)27-26/h12-13,15-21H,2-11,14H2,1H3. The van der Waals surface area contributed by atoms with Gasteiger partial charge < -0.3 is 0 Å². The molecule has 1 heteroatoms. The molecule has 0 radical (unpaired) electrons. The lowest BCUT2D eigenvalue weighted by Crippen LogP contribution is -1.87. The van der Waals surface area contributed by atoms with E-state index in [0.717, 1.165) is 0 Å². The lowest BCUT2D eigenvalue weighted by molar-refractivity contribution is 0.556. The third-order valence-corrected chi connectivity index (χ3v) is 6.65. The van der Waals surface area contributed by atoms with Crippen molar-refractivity contribution >= 4 is 21.4 Å². The highest BCUT2D eigenvalue weighted by Gasteiger charge is 2.04. The van der Waals surface area contributed by atoms with Crippen LogP contribution in [0.1, 0.15) is 76.7 Å². The van der Waals surface area contributed by atoms with Gasteiger partial charge in [-0.3, -0.25) is 0 Å². The molecule has 0 unspecified atom stereocenters. The van der Waals surface area contributed by atoms with Gasteiger partial charge in [0.2, 0.25) is 0 Å². The monoisotopic (exact) mass is 378 g/mol. The van der Waals surface area contributed by atoms with E-state index >= 15 is 0 Å². The van der Waals surface area contributed by atoms with Gasteiger partial charge in [0.1, 0.15) is 0 Å². The first-order valence-corrected chi connectivity index (χ1v) is 11.8. The van der Waals surface area contributed by atoms with Crippen molar-refractivity contribution in [1.82, 2.24) is 0 Å². The zero-order valence-electron chi connectivity index (χ0n) is 16.9. The molecule has 3 aromatic rings. The predicted molar refractivity (Wildman–Crippen MR) is 123 cm³/mol. The molecule has 0 fully saturated rings. The first kappa shape index (κ1) is 20.1. The number of thiophene rings is 1. The number of hydrogen-bond donors (Lipinski definition) is 0. The first-order valence-electron chi connectivity index (χ1n) is 10.9. The van der Waals surface area contributed by atoms with Gasteiger partial charge in [-0.25, -0.2) is 0 Å². The van der Waals surface area contributed by atoms with Crippen LogP contribution in [0.2, 0.25) is 0 Å². The van der Waals surface area contributed by atoms with Crippen LogP contribution in [0, 0.1) is 0 Å². The maximum absolute atomic E-state index is 2.33. The summed E-state index contributed by atoms with van der Waals surface area (Å²) in [6.07, 6.45) is 15.3. The molecule has 3 rings (SSSR count). The predicted octanol–water partition coefficient (Wildman–Crippen LogP) is 9.03. The normalized spacial score (nSPS) is 11.3. The van der Waals surface area contributed by atoms with Gasteiger partial charge in [-0.2, -0.15) is 0 Å². The Morgan fingerprint density at radius 3 is 1.96 bits per heavy atom. The third-order valence-electron chi connectivity index (χ3n) is 5.48. The van der Waals surface area contributed by atoms with Gasteiger partial charge in [-0.15, -0.1) is 11.3 Å². The molecule has 0 saturated carbocycles. The maximum atomic E-state index is 2.33. The fraction of sp³-hybridized carbons (Fsp3) is 0.462. The number of aryl methyl sites for hydroxylation is 1. The maximum Gasteiger partial charge on any atom is 0.0355 e. The number of rotatable bonds is 12. The van der Waals surface area contributed by atoms with E-state index in [0.29, 0.717) is 0 Å². The van der Waals surface area contributed by atoms with Crippen molar-refractivity contribution in [3.05, 3.63) is 60.2 Å². The molecule has 1 heterocycles. The van der Waals surface area contributed by atoms with Gasteiger partial charge in [0.15, 0.2) is 0 Å². The lowest BCUT2D eigenvalue weighted by atomic mass is 10.0. The quantitative estimate of drug-likeness (QED) is 0.276. The van der Waals surface area contributed by atoms with E-state index in [1.807, 2.05) is 11.3 Å². The number of hydrogen-bond acceptors (Lipinski definition) is 1. The molecular formula is C26H34S. The molecule has 0 spiro atoms. The summed E-state index contributed by atoms with van der Waals surface area (Å²) in [5.74, 6) is 0. The summed E-state index contributed by atoms with van der Waals surface area (Å²) in [4.78, 5) is 1.38. The molecule has 0 N–H and O–H groups in total. The summed E-state index contributed by atoms with van der Waals surface area (Å²) in [7, 11) is 0. The van der Waals surface area contributed by atoms with Gasteiger partial charge in [-0.1, -0.05) is 107 Å². The second-order valence-electron chi connectivity index (χ2n) is 7.78. The van der Waals surface area contributed by atoms with Crippen molar-refractivity contribution in [2.45, 2.75) is 77.6 Å². The Kier molecular flexibility index (Phi) is 8.42. The van der Waals surface area contributed by atoms with E-state index in [2.05, 4.69) is 61.5 Å². The van der Waals surface area contributed by atoms with Crippen molar-refractivity contribution in [2.75, 3.05) is 0 Å². The average Bonchev–Trinajstić information content (AvgIpc) is 3.14. The molecule has 0 nitrogen and oxygen atoms in total. The lowest BCUT2D eigenvalue weighted by Gasteiger charge is -2.04. The third kappa shape index (κ3) is 6.50. The highest BCUT2D eigenvalue weighted by molar-refractivity contribution is 7.22. The van der Waals surface area contributed by atoms with Crippen molar-refractivity contribution in [2.24, 2.45) is 0 Å². The van der Waals surface area contributed by atoms with Crippen molar-refractivity contribution in [3.8, 4) is 10.4 Å². The smallest absolute Gasteiger partial charge is 0.0355 e. The molecular weight excluding hydrogens is 344 g/mol. The second-order valence-corrected chi connectivity index (χ2v) is 8.86. The summed E-state index contributed by atoms with van der Waals surface area (Å²) < 4.78 is 1.38. The summed E-state index contributed by atoms with van der Waals surface area (Å²) in [6, 6.07) is 20.2. The molecule has 0 aliphatic carbocycles. The molecule has 0 bridgehead atoms. The molecule has 0 amide bonds. The minimum Gasteiger partial charge on any atom is -0.135 e. The fourth-order valence-electron chi connectivity index (χ4n) is 3.78. The molecule has 0 aliphatic rings. The van der Waals surface area contributed by atoms with E-state index in [9.17, 15) is 0 Å². The van der Waals surface area contributed by atoms with Crippen LogP contribution in [0.15, 0.2) is 54.6 Å². The highest BCUT2D eigenvalue weighted by Crippen LogP contribution is 2.33. The number of unbranched alkanes of at least 4 members (excludes halogenated alkanes) is 9. The highest BCUT2D eigenvalue weighted by atomic mass is 32.1. The SMILES string of the molecule is CCCCCCCCCCCCc1ccc(-c2cc3ccccc3s2)cc1. The molecule has 1 aromatic heterocycles. The number of benzene rings is 2. The zero-order valence-corrected chi connectivity index (χ0v) is 17.7. The zero-order chi connectivity index (χ0) is 18.7. The van der Waals surface area contributed by atoms with Crippen LogP contribution in [0.3, 0.4) is 0 Å². The Labute approximate surface area is 169 Å².